The number of aromatic amines is 1. The van der Waals surface area contributed by atoms with Gasteiger partial charge in [0.1, 0.15) is 12.2 Å². The first kappa shape index (κ1) is 17.3. The zero-order valence-electron chi connectivity index (χ0n) is 13.1. The quantitative estimate of drug-likeness (QED) is 0.338. The van der Waals surface area contributed by atoms with E-state index in [4.69, 9.17) is 0 Å². The molecule has 0 unspecified atom stereocenters. The molecule has 3 rings (SSSR count). The van der Waals surface area contributed by atoms with Crippen LogP contribution in [0.3, 0.4) is 0 Å². The summed E-state index contributed by atoms with van der Waals surface area (Å²) in [4.78, 5) is 11.8. The van der Waals surface area contributed by atoms with E-state index in [0.717, 1.165) is 23.0 Å². The highest BCUT2D eigenvalue weighted by molar-refractivity contribution is 14.0. The number of rotatable bonds is 4. The van der Waals surface area contributed by atoms with Gasteiger partial charge in [0.25, 0.3) is 0 Å². The van der Waals surface area contributed by atoms with E-state index in [0.29, 0.717) is 13.1 Å². The van der Waals surface area contributed by atoms with Crippen LogP contribution in [-0.2, 0) is 20.1 Å². The number of hydrogen-bond acceptors (Lipinski definition) is 3. The summed E-state index contributed by atoms with van der Waals surface area (Å²) in [6.07, 6.45) is 1.54. The molecule has 3 N–H and O–H groups in total. The minimum Gasteiger partial charge on any atom is -0.357 e. The maximum absolute atomic E-state index is 4.21. The highest BCUT2D eigenvalue weighted by Gasteiger charge is 2.04. The number of aromatic nitrogens is 4. The molecule has 8 heteroatoms. The van der Waals surface area contributed by atoms with Crippen molar-refractivity contribution >= 4 is 40.8 Å². The fraction of sp³-hybridized carbons (Fsp3) is 0.267. The highest BCUT2D eigenvalue weighted by atomic mass is 127. The number of nitrogens with zero attached hydrogens (tertiary/aromatic N) is 4. The number of para-hydroxylation sites is 1. The molecule has 1 aromatic carbocycles. The third-order valence-corrected chi connectivity index (χ3v) is 3.47. The van der Waals surface area contributed by atoms with Crippen LogP contribution in [0.1, 0.15) is 11.5 Å². The third kappa shape index (κ3) is 4.21. The first-order valence-electron chi connectivity index (χ1n) is 7.10. The van der Waals surface area contributed by atoms with Crippen LogP contribution in [0.15, 0.2) is 41.7 Å². The van der Waals surface area contributed by atoms with Gasteiger partial charge in [-0.25, -0.2) is 4.98 Å². The normalized spacial score (nSPS) is 11.3. The van der Waals surface area contributed by atoms with E-state index in [9.17, 15) is 0 Å². The van der Waals surface area contributed by atoms with E-state index in [1.807, 2.05) is 19.2 Å². The van der Waals surface area contributed by atoms with Gasteiger partial charge in [-0.2, -0.15) is 5.10 Å². The molecule has 0 amide bonds. The van der Waals surface area contributed by atoms with E-state index >= 15 is 0 Å². The topological polar surface area (TPSA) is 82.9 Å². The molecule has 2 heterocycles. The van der Waals surface area contributed by atoms with Crippen molar-refractivity contribution in [2.24, 2.45) is 12.0 Å². The molecule has 0 aliphatic carbocycles. The van der Waals surface area contributed by atoms with E-state index < -0.39 is 0 Å². The Labute approximate surface area is 151 Å². The monoisotopic (exact) mass is 425 g/mol. The van der Waals surface area contributed by atoms with Crippen LogP contribution in [-0.4, -0.2) is 32.8 Å². The molecule has 0 bridgehead atoms. The SMILES string of the molecule is CN=C(NCc1cc2ccccc2[nH]1)NCc1ncnn1C.I. The summed E-state index contributed by atoms with van der Waals surface area (Å²) in [6, 6.07) is 10.4. The second kappa shape index (κ2) is 7.95. The van der Waals surface area contributed by atoms with Gasteiger partial charge in [0.05, 0.1) is 13.1 Å². The van der Waals surface area contributed by atoms with Crippen LogP contribution in [0, 0.1) is 0 Å². The predicted molar refractivity (Wildman–Crippen MR) is 102 cm³/mol. The third-order valence-electron chi connectivity index (χ3n) is 3.47. The van der Waals surface area contributed by atoms with Gasteiger partial charge in [-0.1, -0.05) is 18.2 Å². The molecule has 0 atom stereocenters. The summed E-state index contributed by atoms with van der Waals surface area (Å²) in [5.41, 5.74) is 2.25. The van der Waals surface area contributed by atoms with Gasteiger partial charge in [0, 0.05) is 25.3 Å². The zero-order chi connectivity index (χ0) is 15.4. The van der Waals surface area contributed by atoms with Crippen LogP contribution < -0.4 is 10.6 Å². The lowest BCUT2D eigenvalue weighted by Crippen LogP contribution is -2.37. The number of hydrogen-bond donors (Lipinski definition) is 3. The lowest BCUT2D eigenvalue weighted by atomic mass is 10.2. The number of guanidine groups is 1. The summed E-state index contributed by atoms with van der Waals surface area (Å²) in [5, 5.41) is 11.7. The zero-order valence-corrected chi connectivity index (χ0v) is 15.4. The van der Waals surface area contributed by atoms with E-state index in [1.165, 1.54) is 11.7 Å². The van der Waals surface area contributed by atoms with Gasteiger partial charge in [0.15, 0.2) is 5.96 Å². The average molecular weight is 425 g/mol. The average Bonchev–Trinajstić information content (AvgIpc) is 3.13. The van der Waals surface area contributed by atoms with Gasteiger partial charge in [-0.15, -0.1) is 24.0 Å². The number of nitrogens with one attached hydrogen (secondary N) is 3. The van der Waals surface area contributed by atoms with Gasteiger partial charge in [-0.05, 0) is 17.5 Å². The Morgan fingerprint density at radius 2 is 2.04 bits per heavy atom. The van der Waals surface area contributed by atoms with Crippen LogP contribution in [0.25, 0.3) is 10.9 Å². The minimum atomic E-state index is 0. The molecule has 0 fully saturated rings. The molecule has 0 aliphatic heterocycles. The standard InChI is InChI=1S/C15H19N7.HI/c1-16-15(18-9-14-19-10-20-22(14)2)17-8-12-7-11-5-3-4-6-13(11)21-12;/h3-7,10,21H,8-9H2,1-2H3,(H2,16,17,18);1H. The summed E-state index contributed by atoms with van der Waals surface area (Å²) in [7, 11) is 3.61. The van der Waals surface area contributed by atoms with Crippen LogP contribution in [0.4, 0.5) is 0 Å². The summed E-state index contributed by atoms with van der Waals surface area (Å²) >= 11 is 0. The van der Waals surface area contributed by atoms with Gasteiger partial charge >= 0.3 is 0 Å². The van der Waals surface area contributed by atoms with E-state index in [1.54, 1.807) is 11.7 Å². The maximum Gasteiger partial charge on any atom is 0.191 e. The molecule has 0 aliphatic rings. The van der Waals surface area contributed by atoms with Gasteiger partial charge < -0.3 is 15.6 Å². The Hall–Kier alpha value is -2.10. The lowest BCUT2D eigenvalue weighted by Gasteiger charge is -2.10. The number of benzene rings is 1. The van der Waals surface area contributed by atoms with Crippen LogP contribution in [0.2, 0.25) is 0 Å². The van der Waals surface area contributed by atoms with Crippen molar-refractivity contribution in [2.45, 2.75) is 13.1 Å². The number of fused-ring (bicyclic) bond motifs is 1. The van der Waals surface area contributed by atoms with E-state index in [-0.39, 0.29) is 24.0 Å². The van der Waals surface area contributed by atoms with Crippen molar-refractivity contribution in [3.8, 4) is 0 Å². The minimum absolute atomic E-state index is 0. The number of halogens is 1. The molecule has 0 radical (unpaired) electrons. The first-order valence-corrected chi connectivity index (χ1v) is 7.10. The summed E-state index contributed by atoms with van der Waals surface area (Å²) in [5.74, 6) is 1.58. The lowest BCUT2D eigenvalue weighted by molar-refractivity contribution is 0.672. The summed E-state index contributed by atoms with van der Waals surface area (Å²) < 4.78 is 1.73. The Morgan fingerprint density at radius 3 is 2.74 bits per heavy atom. The molecular formula is C15H20IN7. The number of aryl methyl sites for hydroxylation is 1. The number of H-pyrrole nitrogens is 1. The Bertz CT molecular complexity index is 757. The van der Waals surface area contributed by atoms with Crippen molar-refractivity contribution in [3.05, 3.63) is 48.2 Å². The van der Waals surface area contributed by atoms with Crippen molar-refractivity contribution in [2.75, 3.05) is 7.05 Å². The Kier molecular flexibility index (Phi) is 5.97. The second-order valence-corrected chi connectivity index (χ2v) is 4.96. The molecule has 0 saturated carbocycles. The smallest absolute Gasteiger partial charge is 0.191 e. The maximum atomic E-state index is 4.21. The van der Waals surface area contributed by atoms with Crippen LogP contribution in [0.5, 0.6) is 0 Å². The first-order chi connectivity index (χ1) is 10.8. The summed E-state index contributed by atoms with van der Waals surface area (Å²) in [6.45, 7) is 1.25. The van der Waals surface area contributed by atoms with Crippen molar-refractivity contribution in [1.29, 1.82) is 0 Å². The molecule has 0 spiro atoms. The molecule has 23 heavy (non-hydrogen) atoms. The van der Waals surface area contributed by atoms with Crippen molar-refractivity contribution in [1.82, 2.24) is 30.4 Å². The van der Waals surface area contributed by atoms with Gasteiger partial charge in [0.2, 0.25) is 0 Å². The second-order valence-electron chi connectivity index (χ2n) is 4.96. The fourth-order valence-corrected chi connectivity index (χ4v) is 2.27. The largest absolute Gasteiger partial charge is 0.357 e. The molecule has 7 nitrogen and oxygen atoms in total. The molecule has 0 saturated heterocycles. The molecule has 122 valence electrons. The fourth-order valence-electron chi connectivity index (χ4n) is 2.27. The molecule has 3 aromatic rings. The Morgan fingerprint density at radius 1 is 1.26 bits per heavy atom. The molecule has 2 aromatic heterocycles. The van der Waals surface area contributed by atoms with Crippen molar-refractivity contribution < 1.29 is 0 Å². The van der Waals surface area contributed by atoms with E-state index in [2.05, 4.69) is 48.9 Å². The number of aliphatic imine (C=N–C) groups is 1. The highest BCUT2D eigenvalue weighted by Crippen LogP contribution is 2.14. The predicted octanol–water partition coefficient (Wildman–Crippen LogP) is 1.78. The van der Waals surface area contributed by atoms with Crippen LogP contribution >= 0.6 is 24.0 Å². The van der Waals surface area contributed by atoms with Gasteiger partial charge in [-0.3, -0.25) is 9.67 Å². The molecular weight excluding hydrogens is 405 g/mol. The Balaban J connectivity index is 0.00000192. The van der Waals surface area contributed by atoms with Crippen molar-refractivity contribution in [3.63, 3.8) is 0 Å².